The van der Waals surface area contributed by atoms with Gasteiger partial charge in [-0.25, -0.2) is 0 Å². The Labute approximate surface area is 247 Å². The molecule has 4 atom stereocenters. The van der Waals surface area contributed by atoms with Crippen molar-refractivity contribution in [3.8, 4) is 5.75 Å². The maximum Gasteiger partial charge on any atom is 0.254 e. The highest BCUT2D eigenvalue weighted by Crippen LogP contribution is 2.38. The van der Waals surface area contributed by atoms with Gasteiger partial charge in [0.2, 0.25) is 0 Å². The number of hydrogen-bond acceptors (Lipinski definition) is 6. The highest BCUT2D eigenvalue weighted by molar-refractivity contribution is 6.02. The molecular formula is C33H54N4O4. The fourth-order valence-electron chi connectivity index (χ4n) is 7.07. The Hall–Kier alpha value is -2.16. The van der Waals surface area contributed by atoms with E-state index in [0.717, 1.165) is 31.4 Å². The van der Waals surface area contributed by atoms with Crippen molar-refractivity contribution in [1.29, 1.82) is 0 Å². The fourth-order valence-corrected chi connectivity index (χ4v) is 7.07. The summed E-state index contributed by atoms with van der Waals surface area (Å²) in [6.07, 6.45) is 11.7. The van der Waals surface area contributed by atoms with Crippen LogP contribution in [0.25, 0.3) is 0 Å². The number of likely N-dealkylation sites (N-methyl/N-ethyl adjacent to an activating group) is 2. The van der Waals surface area contributed by atoms with Gasteiger partial charge in [0, 0.05) is 41.9 Å². The summed E-state index contributed by atoms with van der Waals surface area (Å²) in [4.78, 5) is 30.1. The third-order valence-corrected chi connectivity index (χ3v) is 9.70. The van der Waals surface area contributed by atoms with Crippen LogP contribution in [0.3, 0.4) is 0 Å². The number of carbonyl (C=O) groups is 2. The average molecular weight is 571 g/mol. The van der Waals surface area contributed by atoms with Gasteiger partial charge >= 0.3 is 0 Å². The zero-order valence-electron chi connectivity index (χ0n) is 26.1. The Balaban J connectivity index is 1.62. The Morgan fingerprint density at radius 3 is 2.46 bits per heavy atom. The number of rotatable bonds is 9. The third-order valence-electron chi connectivity index (χ3n) is 9.70. The van der Waals surface area contributed by atoms with Crippen LogP contribution in [0.15, 0.2) is 12.1 Å². The molecule has 1 aromatic carbocycles. The van der Waals surface area contributed by atoms with E-state index in [0.29, 0.717) is 42.4 Å². The fraction of sp³-hybridized carbons (Fsp3) is 0.758. The number of ether oxygens (including phenoxy) is 1. The van der Waals surface area contributed by atoms with Crippen molar-refractivity contribution < 1.29 is 19.4 Å². The van der Waals surface area contributed by atoms with Gasteiger partial charge in [0.05, 0.1) is 18.8 Å². The third kappa shape index (κ3) is 7.82. The summed E-state index contributed by atoms with van der Waals surface area (Å²) in [6.45, 7) is 8.04. The van der Waals surface area contributed by atoms with E-state index in [1.807, 2.05) is 20.0 Å². The molecule has 4 rings (SSSR count). The number of carbonyl (C=O) groups excluding carboxylic acids is 2. The molecule has 0 radical (unpaired) electrons. The van der Waals surface area contributed by atoms with E-state index in [1.165, 1.54) is 44.9 Å². The van der Waals surface area contributed by atoms with E-state index < -0.39 is 12.1 Å². The molecule has 2 aliphatic heterocycles. The monoisotopic (exact) mass is 570 g/mol. The van der Waals surface area contributed by atoms with E-state index >= 15 is 0 Å². The highest BCUT2D eigenvalue weighted by atomic mass is 16.5. The summed E-state index contributed by atoms with van der Waals surface area (Å²) in [5, 5.41) is 20.2. The molecule has 0 bridgehead atoms. The van der Waals surface area contributed by atoms with E-state index in [4.69, 9.17) is 4.74 Å². The van der Waals surface area contributed by atoms with Crippen LogP contribution >= 0.6 is 0 Å². The predicted octanol–water partition coefficient (Wildman–Crippen LogP) is 4.29. The van der Waals surface area contributed by atoms with Crippen molar-refractivity contribution in [2.24, 2.45) is 11.3 Å². The second-order valence-electron chi connectivity index (χ2n) is 13.5. The van der Waals surface area contributed by atoms with Crippen LogP contribution in [-0.2, 0) is 6.42 Å². The smallest absolute Gasteiger partial charge is 0.254 e. The molecule has 1 saturated heterocycles. The number of amides is 2. The molecule has 0 spiro atoms. The molecule has 1 aromatic rings. The number of fused-ring (bicyclic) bond motifs is 1. The van der Waals surface area contributed by atoms with Crippen LogP contribution in [0.5, 0.6) is 5.75 Å². The topological polar surface area (TPSA) is 103 Å². The Morgan fingerprint density at radius 1 is 1.07 bits per heavy atom. The molecule has 1 aliphatic carbocycles. The molecule has 2 amide bonds. The lowest BCUT2D eigenvalue weighted by molar-refractivity contribution is 0.0668. The molecule has 8 heteroatoms. The first-order valence-corrected chi connectivity index (χ1v) is 16.1. The standard InChI is InChI=1S/C33H54N4O4/c1-22(30(38)27(35-5)20-34-4)36-31(39)26-18-24(19-29-25(26)15-16-33(2,3)21-41-29)32(40)37-17-11-14-28(37)23-12-9-7-6-8-10-13-23/h18-19,22-23,27-28,30,34-35,38H,6-17,20-21H2,1-5H3,(H,36,39). The maximum absolute atomic E-state index is 14.1. The zero-order chi connectivity index (χ0) is 29.6. The number of benzene rings is 1. The van der Waals surface area contributed by atoms with E-state index in [1.54, 1.807) is 13.1 Å². The van der Waals surface area contributed by atoms with Crippen molar-refractivity contribution in [2.45, 2.75) is 116 Å². The molecule has 2 fully saturated rings. The van der Waals surface area contributed by atoms with Gasteiger partial charge in [-0.05, 0) is 83.0 Å². The minimum atomic E-state index is -0.788. The van der Waals surface area contributed by atoms with Crippen LogP contribution in [0.2, 0.25) is 0 Å². The summed E-state index contributed by atoms with van der Waals surface area (Å²) in [6, 6.07) is 3.23. The number of hydrogen-bond donors (Lipinski definition) is 4. The molecule has 4 N–H and O–H groups in total. The van der Waals surface area contributed by atoms with Gasteiger partial charge in [-0.2, -0.15) is 0 Å². The zero-order valence-corrected chi connectivity index (χ0v) is 26.1. The van der Waals surface area contributed by atoms with E-state index in [2.05, 4.69) is 34.7 Å². The van der Waals surface area contributed by atoms with E-state index in [9.17, 15) is 14.7 Å². The van der Waals surface area contributed by atoms with Gasteiger partial charge in [-0.15, -0.1) is 0 Å². The molecule has 0 aromatic heterocycles. The maximum atomic E-state index is 14.1. The van der Waals surface area contributed by atoms with Gasteiger partial charge in [0.25, 0.3) is 11.8 Å². The van der Waals surface area contributed by atoms with Crippen LogP contribution < -0.4 is 20.7 Å². The molecule has 41 heavy (non-hydrogen) atoms. The number of nitrogens with zero attached hydrogens (tertiary/aromatic N) is 1. The molecule has 1 saturated carbocycles. The lowest BCUT2D eigenvalue weighted by atomic mass is 9.84. The lowest BCUT2D eigenvalue weighted by Gasteiger charge is -2.33. The Morgan fingerprint density at radius 2 is 1.78 bits per heavy atom. The summed E-state index contributed by atoms with van der Waals surface area (Å²) >= 11 is 0. The molecule has 2 heterocycles. The van der Waals surface area contributed by atoms with E-state index in [-0.39, 0.29) is 29.3 Å². The number of nitrogens with one attached hydrogen (secondary N) is 3. The molecule has 8 nitrogen and oxygen atoms in total. The summed E-state index contributed by atoms with van der Waals surface area (Å²) in [5.41, 5.74) is 1.83. The number of likely N-dealkylation sites (tertiary alicyclic amines) is 1. The largest absolute Gasteiger partial charge is 0.493 e. The van der Waals surface area contributed by atoms with Gasteiger partial charge < -0.3 is 30.7 Å². The first-order chi connectivity index (χ1) is 19.6. The van der Waals surface area contributed by atoms with Crippen molar-refractivity contribution >= 4 is 11.8 Å². The molecule has 4 unspecified atom stereocenters. The highest BCUT2D eigenvalue weighted by Gasteiger charge is 2.36. The summed E-state index contributed by atoms with van der Waals surface area (Å²) < 4.78 is 6.30. The van der Waals surface area contributed by atoms with Crippen molar-refractivity contribution in [3.05, 3.63) is 28.8 Å². The molecule has 3 aliphatic rings. The van der Waals surface area contributed by atoms with Gasteiger partial charge in [-0.3, -0.25) is 9.59 Å². The number of aliphatic hydroxyl groups is 1. The van der Waals surface area contributed by atoms with Crippen molar-refractivity contribution in [1.82, 2.24) is 20.9 Å². The normalized spacial score (nSPS) is 23.8. The van der Waals surface area contributed by atoms with Crippen LogP contribution in [0, 0.1) is 11.3 Å². The first-order valence-electron chi connectivity index (χ1n) is 16.1. The quantitative estimate of drug-likeness (QED) is 0.353. The van der Waals surface area contributed by atoms with Crippen LogP contribution in [0.1, 0.15) is 111 Å². The van der Waals surface area contributed by atoms with Crippen molar-refractivity contribution in [2.75, 3.05) is 33.8 Å². The van der Waals surface area contributed by atoms with Crippen LogP contribution in [-0.4, -0.2) is 79.8 Å². The second kappa shape index (κ2) is 14.3. The van der Waals surface area contributed by atoms with Gasteiger partial charge in [-0.1, -0.05) is 46.0 Å². The Bertz CT molecular complexity index is 1040. The predicted molar refractivity (Wildman–Crippen MR) is 164 cm³/mol. The molecule has 230 valence electrons. The van der Waals surface area contributed by atoms with Gasteiger partial charge in [0.1, 0.15) is 5.75 Å². The van der Waals surface area contributed by atoms with Crippen molar-refractivity contribution in [3.63, 3.8) is 0 Å². The van der Waals surface area contributed by atoms with Gasteiger partial charge in [0.15, 0.2) is 0 Å². The summed E-state index contributed by atoms with van der Waals surface area (Å²) in [5.74, 6) is 0.936. The van der Waals surface area contributed by atoms with Crippen LogP contribution in [0.4, 0.5) is 0 Å². The number of aliphatic hydroxyl groups excluding tert-OH is 1. The average Bonchev–Trinajstić information content (AvgIpc) is 3.36. The first kappa shape index (κ1) is 31.8. The minimum Gasteiger partial charge on any atom is -0.493 e. The minimum absolute atomic E-state index is 0.0101. The lowest BCUT2D eigenvalue weighted by Crippen LogP contribution is -2.54. The second-order valence-corrected chi connectivity index (χ2v) is 13.5. The SMILES string of the molecule is CNCC(NC)C(O)C(C)NC(=O)c1cc(C(=O)N2CCCC2C2CCCCCCC2)cc2c1CCC(C)(C)CO2. The summed E-state index contributed by atoms with van der Waals surface area (Å²) in [7, 11) is 3.64. The Kier molecular flexibility index (Phi) is 11.1. The molecular weight excluding hydrogens is 516 g/mol.